The molecule has 0 spiro atoms. The van der Waals surface area contributed by atoms with Gasteiger partial charge in [0.2, 0.25) is 11.7 Å². The molecule has 0 unspecified atom stereocenters. The number of benzene rings is 1. The molecule has 0 fully saturated rings. The molecule has 0 bridgehead atoms. The first-order valence-electron chi connectivity index (χ1n) is 5.46. The van der Waals surface area contributed by atoms with Gasteiger partial charge in [-0.05, 0) is 17.3 Å². The fourth-order valence-electron chi connectivity index (χ4n) is 1.37. The van der Waals surface area contributed by atoms with E-state index in [4.69, 9.17) is 0 Å². The number of rotatable bonds is 4. The summed E-state index contributed by atoms with van der Waals surface area (Å²) in [6.45, 7) is 1.82. The number of nitrogens with zero attached hydrogens (tertiary/aromatic N) is 3. The molecule has 1 amide bonds. The maximum atomic E-state index is 11.7. The van der Waals surface area contributed by atoms with E-state index < -0.39 is 0 Å². The first-order chi connectivity index (χ1) is 8.70. The van der Waals surface area contributed by atoms with Crippen molar-refractivity contribution >= 4 is 24.2 Å². The van der Waals surface area contributed by atoms with E-state index >= 15 is 0 Å². The predicted molar refractivity (Wildman–Crippen MR) is 71.3 cm³/mol. The molecule has 0 aliphatic carbocycles. The van der Waals surface area contributed by atoms with Crippen LogP contribution in [0.25, 0.3) is 11.4 Å². The second-order valence-electron chi connectivity index (χ2n) is 3.89. The Morgan fingerprint density at radius 1 is 1.56 bits per heavy atom. The number of amides is 1. The minimum atomic E-state index is -0.137. The average Bonchev–Trinajstić information content (AvgIpc) is 2.92. The van der Waals surface area contributed by atoms with Crippen LogP contribution in [0.1, 0.15) is 6.92 Å². The quantitative estimate of drug-likeness (QED) is 0.727. The molecule has 2 N–H and O–H groups in total. The molecule has 2 rings (SSSR count). The zero-order valence-corrected chi connectivity index (χ0v) is 10.7. The minimum absolute atomic E-state index is 0.0599. The van der Waals surface area contributed by atoms with Gasteiger partial charge in [-0.15, -0.1) is 10.2 Å². The van der Waals surface area contributed by atoms with Crippen LogP contribution >= 0.6 is 12.6 Å². The lowest BCUT2D eigenvalue weighted by Crippen LogP contribution is -2.21. The number of anilines is 1. The van der Waals surface area contributed by atoms with Gasteiger partial charge in [0.15, 0.2) is 0 Å². The van der Waals surface area contributed by atoms with E-state index in [1.54, 1.807) is 6.07 Å². The highest BCUT2D eigenvalue weighted by atomic mass is 32.1. The molecule has 2 aromatic rings. The van der Waals surface area contributed by atoms with Gasteiger partial charge in [-0.3, -0.25) is 4.79 Å². The van der Waals surface area contributed by atoms with Crippen molar-refractivity contribution in [2.75, 3.05) is 11.1 Å². The van der Waals surface area contributed by atoms with Gasteiger partial charge in [0, 0.05) is 22.9 Å². The summed E-state index contributed by atoms with van der Waals surface area (Å²) < 4.78 is 0. The molecule has 7 heteroatoms. The van der Waals surface area contributed by atoms with Crippen LogP contribution in [0.5, 0.6) is 0 Å². The van der Waals surface area contributed by atoms with Crippen LogP contribution < -0.4 is 5.32 Å². The van der Waals surface area contributed by atoms with Crippen LogP contribution in [0.3, 0.4) is 0 Å². The zero-order valence-electron chi connectivity index (χ0n) is 9.79. The molecule has 6 nitrogen and oxygen atoms in total. The molecule has 1 heterocycles. The fraction of sp³-hybridized carbons (Fsp3) is 0.273. The van der Waals surface area contributed by atoms with E-state index in [0.29, 0.717) is 17.3 Å². The predicted octanol–water partition coefficient (Wildman–Crippen LogP) is 1.37. The van der Waals surface area contributed by atoms with Gasteiger partial charge >= 0.3 is 0 Å². The number of hydrogen-bond acceptors (Lipinski definition) is 5. The lowest BCUT2D eigenvalue weighted by atomic mass is 10.1. The summed E-state index contributed by atoms with van der Waals surface area (Å²) >= 11 is 4.10. The Morgan fingerprint density at radius 2 is 2.39 bits per heavy atom. The highest BCUT2D eigenvalue weighted by Gasteiger charge is 2.11. The second kappa shape index (κ2) is 5.63. The number of aromatic amines is 1. The van der Waals surface area contributed by atoms with Crippen molar-refractivity contribution in [3.63, 3.8) is 0 Å². The van der Waals surface area contributed by atoms with E-state index in [0.717, 1.165) is 5.56 Å². The highest BCUT2D eigenvalue weighted by Crippen LogP contribution is 2.18. The fourth-order valence-corrected chi connectivity index (χ4v) is 1.53. The summed E-state index contributed by atoms with van der Waals surface area (Å²) in [6.07, 6.45) is 0. The number of nitrogens with one attached hydrogen (secondary N) is 2. The average molecular weight is 263 g/mol. The highest BCUT2D eigenvalue weighted by molar-refractivity contribution is 7.80. The molecular weight excluding hydrogens is 250 g/mol. The molecule has 0 aliphatic rings. The number of aromatic nitrogens is 4. The van der Waals surface area contributed by atoms with E-state index in [2.05, 4.69) is 38.6 Å². The standard InChI is InChI=1S/C11H13N5OS/c1-7(6-18)11(17)12-9-4-2-3-8(5-9)10-13-15-16-14-10/h2-5,7,18H,6H2,1H3,(H,12,17)(H,13,14,15,16)/t7-/m1/s1. The zero-order chi connectivity index (χ0) is 13.0. The normalized spacial score (nSPS) is 12.1. The Morgan fingerprint density at radius 3 is 3.06 bits per heavy atom. The van der Waals surface area contributed by atoms with Gasteiger partial charge in [0.25, 0.3) is 0 Å². The van der Waals surface area contributed by atoms with Crippen molar-refractivity contribution in [2.45, 2.75) is 6.92 Å². The Bertz CT molecular complexity index is 528. The van der Waals surface area contributed by atoms with Gasteiger partial charge in [-0.25, -0.2) is 0 Å². The Balaban J connectivity index is 2.16. The van der Waals surface area contributed by atoms with Gasteiger partial charge in [-0.2, -0.15) is 17.8 Å². The number of H-pyrrole nitrogens is 1. The molecule has 1 aromatic carbocycles. The van der Waals surface area contributed by atoms with Gasteiger partial charge in [0.1, 0.15) is 0 Å². The monoisotopic (exact) mass is 263 g/mol. The molecule has 1 aromatic heterocycles. The largest absolute Gasteiger partial charge is 0.326 e. The van der Waals surface area contributed by atoms with E-state index in [1.807, 2.05) is 25.1 Å². The summed E-state index contributed by atoms with van der Waals surface area (Å²) in [5.41, 5.74) is 1.50. The van der Waals surface area contributed by atoms with E-state index in [-0.39, 0.29) is 11.8 Å². The number of carbonyl (C=O) groups is 1. The summed E-state index contributed by atoms with van der Waals surface area (Å²) in [6, 6.07) is 7.29. The van der Waals surface area contributed by atoms with Crippen molar-refractivity contribution in [1.82, 2.24) is 20.6 Å². The maximum Gasteiger partial charge on any atom is 0.228 e. The lowest BCUT2D eigenvalue weighted by molar-refractivity contribution is -0.118. The van der Waals surface area contributed by atoms with Crippen molar-refractivity contribution in [3.05, 3.63) is 24.3 Å². The third-order valence-electron chi connectivity index (χ3n) is 2.46. The summed E-state index contributed by atoms with van der Waals surface area (Å²) in [5.74, 6) is 0.807. The van der Waals surface area contributed by atoms with Crippen molar-refractivity contribution in [3.8, 4) is 11.4 Å². The third-order valence-corrected chi connectivity index (χ3v) is 3.00. The summed E-state index contributed by atoms with van der Waals surface area (Å²) in [5, 5.41) is 16.5. The van der Waals surface area contributed by atoms with E-state index in [1.165, 1.54) is 0 Å². The van der Waals surface area contributed by atoms with Gasteiger partial charge < -0.3 is 5.32 Å². The lowest BCUT2D eigenvalue weighted by Gasteiger charge is -2.09. The molecule has 0 aliphatic heterocycles. The molecular formula is C11H13N5OS. The Kier molecular flexibility index (Phi) is 3.93. The van der Waals surface area contributed by atoms with Crippen LogP contribution in [0.15, 0.2) is 24.3 Å². The Labute approximate surface area is 110 Å². The van der Waals surface area contributed by atoms with Crippen LogP contribution in [0.2, 0.25) is 0 Å². The van der Waals surface area contributed by atoms with Crippen molar-refractivity contribution in [1.29, 1.82) is 0 Å². The first-order valence-corrected chi connectivity index (χ1v) is 6.09. The van der Waals surface area contributed by atoms with Crippen LogP contribution in [0.4, 0.5) is 5.69 Å². The van der Waals surface area contributed by atoms with Crippen LogP contribution in [-0.4, -0.2) is 32.3 Å². The second-order valence-corrected chi connectivity index (χ2v) is 4.25. The number of tetrazole rings is 1. The SMILES string of the molecule is C[C@H](CS)C(=O)Nc1cccc(-c2nn[nH]n2)c1. The van der Waals surface area contributed by atoms with Crippen molar-refractivity contribution < 1.29 is 4.79 Å². The van der Waals surface area contributed by atoms with Crippen molar-refractivity contribution in [2.24, 2.45) is 5.92 Å². The molecule has 18 heavy (non-hydrogen) atoms. The summed E-state index contributed by atoms with van der Waals surface area (Å²) in [7, 11) is 0. The maximum absolute atomic E-state index is 11.7. The third kappa shape index (κ3) is 2.86. The number of hydrogen-bond donors (Lipinski definition) is 3. The van der Waals surface area contributed by atoms with Crippen LogP contribution in [-0.2, 0) is 4.79 Å². The molecule has 94 valence electrons. The molecule has 0 radical (unpaired) electrons. The first kappa shape index (κ1) is 12.6. The number of thiol groups is 1. The Hall–Kier alpha value is -1.89. The molecule has 0 saturated carbocycles. The molecule has 0 saturated heterocycles. The molecule has 1 atom stereocenters. The van der Waals surface area contributed by atoms with E-state index in [9.17, 15) is 4.79 Å². The van der Waals surface area contributed by atoms with Crippen LogP contribution in [0, 0.1) is 5.92 Å². The summed E-state index contributed by atoms with van der Waals surface area (Å²) in [4.78, 5) is 11.7. The topological polar surface area (TPSA) is 83.6 Å². The van der Waals surface area contributed by atoms with Gasteiger partial charge in [-0.1, -0.05) is 19.1 Å². The van der Waals surface area contributed by atoms with Gasteiger partial charge in [0.05, 0.1) is 0 Å². The minimum Gasteiger partial charge on any atom is -0.326 e. The smallest absolute Gasteiger partial charge is 0.228 e. The number of carbonyl (C=O) groups excluding carboxylic acids is 1.